The summed E-state index contributed by atoms with van der Waals surface area (Å²) in [5, 5.41) is 3.62. The number of hydrogen-bond donors (Lipinski definition) is 0. The zero-order valence-corrected chi connectivity index (χ0v) is 16.2. The van der Waals surface area contributed by atoms with Gasteiger partial charge in [-0.25, -0.2) is 0 Å². The number of nitrogens with zero attached hydrogens (tertiary/aromatic N) is 4. The van der Waals surface area contributed by atoms with Gasteiger partial charge in [0.25, 0.3) is 12.4 Å². The van der Waals surface area contributed by atoms with Crippen LogP contribution in [0.15, 0.2) is 72.8 Å². The third-order valence-corrected chi connectivity index (χ3v) is 5.27. The summed E-state index contributed by atoms with van der Waals surface area (Å²) in [6, 6.07) is 23.2. The van der Waals surface area contributed by atoms with E-state index in [2.05, 4.69) is 9.58 Å². The predicted octanol–water partition coefficient (Wildman–Crippen LogP) is 4.91. The Labute approximate surface area is 173 Å². The number of rotatable bonds is 6. The molecule has 0 fully saturated rings. The molecule has 144 valence electrons. The van der Waals surface area contributed by atoms with E-state index in [1.165, 1.54) is 12.4 Å². The maximum atomic E-state index is 14.0. The smallest absolute Gasteiger partial charge is 0.261 e. The number of carbonyl (C=O) groups is 1. The van der Waals surface area contributed by atoms with Gasteiger partial charge in [-0.1, -0.05) is 72.8 Å². The minimum Gasteiger partial charge on any atom is -0.362 e. The highest BCUT2D eigenvalue weighted by Gasteiger charge is 2.22. The fourth-order valence-corrected chi connectivity index (χ4v) is 3.91. The minimum absolute atomic E-state index is 0.105. The van der Waals surface area contributed by atoms with Gasteiger partial charge in [-0.3, -0.25) is 4.79 Å². The van der Waals surface area contributed by atoms with Crippen LogP contribution in [0.1, 0.15) is 27.0 Å². The van der Waals surface area contributed by atoms with Crippen molar-refractivity contribution in [2.75, 3.05) is 0 Å². The minimum atomic E-state index is -0.105. The number of benzene rings is 4. The largest absolute Gasteiger partial charge is 0.362 e. The van der Waals surface area contributed by atoms with Crippen LogP contribution in [0.3, 0.4) is 0 Å². The van der Waals surface area contributed by atoms with Crippen molar-refractivity contribution in [3.05, 3.63) is 106 Å². The molecular formula is C25H18N4O. The first-order valence-electron chi connectivity index (χ1n) is 9.62. The van der Waals surface area contributed by atoms with E-state index in [1.807, 2.05) is 72.8 Å². The van der Waals surface area contributed by atoms with Crippen LogP contribution in [0.25, 0.3) is 32.6 Å². The molecule has 0 bridgehead atoms. The molecule has 0 radical (unpaired) electrons. The molecule has 0 aromatic heterocycles. The van der Waals surface area contributed by atoms with Gasteiger partial charge in [0.1, 0.15) is 0 Å². The number of carbonyl (C=O) groups excluding carboxylic acids is 1. The molecule has 0 N–H and O–H groups in total. The Morgan fingerprint density at radius 2 is 1.10 bits per heavy atom. The molecule has 30 heavy (non-hydrogen) atoms. The Balaban J connectivity index is 2.04. The molecule has 0 amide bonds. The molecule has 4 aromatic rings. The fraction of sp³-hybridized carbons (Fsp3) is 0.0800. The van der Waals surface area contributed by atoms with Crippen LogP contribution in [-0.4, -0.2) is 27.8 Å². The number of fused-ring (bicyclic) bond motifs is 2. The van der Waals surface area contributed by atoms with E-state index in [4.69, 9.17) is 11.1 Å². The number of ketones is 1. The first-order chi connectivity index (χ1) is 14.7. The zero-order valence-electron chi connectivity index (χ0n) is 16.2. The molecule has 5 nitrogen and oxygen atoms in total. The van der Waals surface area contributed by atoms with Gasteiger partial charge in [0.15, 0.2) is 5.78 Å². The van der Waals surface area contributed by atoms with Crippen LogP contribution in [0, 0.1) is 0 Å². The van der Waals surface area contributed by atoms with Crippen molar-refractivity contribution in [2.45, 2.75) is 12.8 Å². The van der Waals surface area contributed by atoms with E-state index >= 15 is 0 Å². The molecular weight excluding hydrogens is 372 g/mol. The summed E-state index contributed by atoms with van der Waals surface area (Å²) in [5.74, 6) is -0.105. The molecule has 0 heterocycles. The van der Waals surface area contributed by atoms with E-state index in [1.54, 1.807) is 0 Å². The second-order valence-corrected chi connectivity index (χ2v) is 6.98. The summed E-state index contributed by atoms with van der Waals surface area (Å²) < 4.78 is 0. The van der Waals surface area contributed by atoms with Crippen molar-refractivity contribution < 1.29 is 14.4 Å². The van der Waals surface area contributed by atoms with Crippen LogP contribution >= 0.6 is 0 Å². The summed E-state index contributed by atoms with van der Waals surface area (Å²) in [6.45, 7) is 0. The summed E-state index contributed by atoms with van der Waals surface area (Å²) in [7, 11) is 0. The Bertz CT molecular complexity index is 1270. The average molecular weight is 390 g/mol. The van der Waals surface area contributed by atoms with E-state index < -0.39 is 0 Å². The summed E-state index contributed by atoms with van der Waals surface area (Å²) in [6.07, 6.45) is 3.42. The van der Waals surface area contributed by atoms with Crippen molar-refractivity contribution in [2.24, 2.45) is 0 Å². The van der Waals surface area contributed by atoms with Gasteiger partial charge < -0.3 is 11.1 Å². The molecule has 0 saturated carbocycles. The Morgan fingerprint density at radius 1 is 0.667 bits per heavy atom. The molecule has 4 rings (SSSR count). The van der Waals surface area contributed by atoms with Crippen LogP contribution < -0.4 is 0 Å². The Kier molecular flexibility index (Phi) is 5.40. The van der Waals surface area contributed by atoms with Gasteiger partial charge in [-0.2, -0.15) is 9.58 Å². The lowest BCUT2D eigenvalue weighted by Crippen LogP contribution is -2.11. The van der Waals surface area contributed by atoms with Crippen molar-refractivity contribution in [3.8, 4) is 0 Å². The van der Waals surface area contributed by atoms with Gasteiger partial charge in [-0.05, 0) is 32.7 Å². The highest BCUT2D eigenvalue weighted by Crippen LogP contribution is 2.30. The van der Waals surface area contributed by atoms with Crippen molar-refractivity contribution >= 4 is 39.8 Å². The van der Waals surface area contributed by atoms with Crippen LogP contribution in [0.2, 0.25) is 0 Å². The van der Waals surface area contributed by atoms with Crippen molar-refractivity contribution in [1.82, 2.24) is 0 Å². The predicted molar refractivity (Wildman–Crippen MR) is 118 cm³/mol. The molecule has 0 atom stereocenters. The lowest BCUT2D eigenvalue weighted by atomic mass is 9.86. The number of hydrogen-bond acceptors (Lipinski definition) is 1. The molecule has 0 aliphatic heterocycles. The Hall–Kier alpha value is -4.17. The topological polar surface area (TPSA) is 89.9 Å². The molecule has 5 heteroatoms. The lowest BCUT2D eigenvalue weighted by molar-refractivity contribution is 0.00114. The van der Waals surface area contributed by atoms with Crippen LogP contribution in [0.5, 0.6) is 0 Å². The first-order valence-corrected chi connectivity index (χ1v) is 9.62. The monoisotopic (exact) mass is 390 g/mol. The molecule has 0 aliphatic carbocycles. The molecule has 0 unspecified atom stereocenters. The van der Waals surface area contributed by atoms with Gasteiger partial charge >= 0.3 is 0 Å². The van der Waals surface area contributed by atoms with E-state index in [0.29, 0.717) is 24.0 Å². The highest BCUT2D eigenvalue weighted by atomic mass is 16.1. The SMILES string of the molecule is [N-]=[N+]=CCc1ccc2ccccc2c1C(=O)c1c(CC=[N+]=[N-])ccc2ccccc12. The maximum Gasteiger partial charge on any atom is 0.261 e. The lowest BCUT2D eigenvalue weighted by Gasteiger charge is -2.15. The molecule has 4 aromatic carbocycles. The zero-order chi connectivity index (χ0) is 20.9. The average Bonchev–Trinajstić information content (AvgIpc) is 2.80. The Morgan fingerprint density at radius 3 is 1.53 bits per heavy atom. The third kappa shape index (κ3) is 3.47. The van der Waals surface area contributed by atoms with Crippen LogP contribution in [0.4, 0.5) is 0 Å². The van der Waals surface area contributed by atoms with Crippen LogP contribution in [-0.2, 0) is 12.8 Å². The van der Waals surface area contributed by atoms with Gasteiger partial charge in [0, 0.05) is 11.1 Å². The second-order valence-electron chi connectivity index (χ2n) is 6.98. The summed E-state index contributed by atoms with van der Waals surface area (Å²) in [4.78, 5) is 20.2. The van der Waals surface area contributed by atoms with E-state index in [0.717, 1.165) is 32.7 Å². The first kappa shape index (κ1) is 19.2. The summed E-state index contributed by atoms with van der Waals surface area (Å²) >= 11 is 0. The molecule has 0 aliphatic rings. The standard InChI is InChI=1S/C25H18N4O/c26-28-15-13-19-11-9-17-5-1-3-7-21(17)23(19)25(30)24-20(14-16-29-27)12-10-18-6-2-4-8-22(18)24/h1-12,15-16H,13-14H2. The highest BCUT2D eigenvalue weighted by molar-refractivity contribution is 6.23. The van der Waals surface area contributed by atoms with Gasteiger partial charge in [-0.15, -0.1) is 0 Å². The normalized spacial score (nSPS) is 10.4. The van der Waals surface area contributed by atoms with Crippen molar-refractivity contribution in [1.29, 1.82) is 0 Å². The molecule has 0 saturated heterocycles. The van der Waals surface area contributed by atoms with Gasteiger partial charge in [0.2, 0.25) is 0 Å². The quantitative estimate of drug-likeness (QED) is 0.199. The second kappa shape index (κ2) is 8.46. The third-order valence-electron chi connectivity index (χ3n) is 5.27. The fourth-order valence-electron chi connectivity index (χ4n) is 3.91. The van der Waals surface area contributed by atoms with E-state index in [-0.39, 0.29) is 5.78 Å². The maximum absolute atomic E-state index is 14.0. The van der Waals surface area contributed by atoms with Gasteiger partial charge in [0.05, 0.1) is 12.8 Å². The summed E-state index contributed by atoms with van der Waals surface area (Å²) in [5.41, 5.74) is 20.6. The van der Waals surface area contributed by atoms with Crippen molar-refractivity contribution in [3.63, 3.8) is 0 Å². The van der Waals surface area contributed by atoms with E-state index in [9.17, 15) is 4.79 Å². The molecule has 0 spiro atoms.